The molecule has 0 aliphatic heterocycles. The van der Waals surface area contributed by atoms with Gasteiger partial charge in [0.15, 0.2) is 0 Å². The Balaban J connectivity index is 4.78. The van der Waals surface area contributed by atoms with Crippen LogP contribution in [0, 0.1) is 5.41 Å². The molecule has 0 aliphatic carbocycles. The first-order valence-corrected chi connectivity index (χ1v) is 8.55. The van der Waals surface area contributed by atoms with Crippen LogP contribution >= 0.6 is 0 Å². The normalized spacial score (nSPS) is 15.4. The molecule has 0 rings (SSSR count). The van der Waals surface area contributed by atoms with Crippen LogP contribution in [0.25, 0.3) is 0 Å². The van der Waals surface area contributed by atoms with E-state index in [4.69, 9.17) is 4.74 Å². The molecule has 27 heavy (non-hydrogen) atoms. The lowest BCUT2D eigenvalue weighted by Crippen LogP contribution is -2.45. The largest absolute Gasteiger partial charge is 0.459 e. The van der Waals surface area contributed by atoms with E-state index >= 15 is 0 Å². The van der Waals surface area contributed by atoms with Crippen molar-refractivity contribution >= 4 is 11.9 Å². The van der Waals surface area contributed by atoms with Crippen LogP contribution in [0.4, 0.5) is 26.3 Å². The van der Waals surface area contributed by atoms with Gasteiger partial charge in [-0.1, -0.05) is 13.8 Å². The summed E-state index contributed by atoms with van der Waals surface area (Å²) in [5.41, 5.74) is -1.72. The van der Waals surface area contributed by atoms with Crippen molar-refractivity contribution < 1.29 is 45.4 Å². The van der Waals surface area contributed by atoms with E-state index in [-0.39, 0.29) is 12.8 Å². The highest BCUT2D eigenvalue weighted by molar-refractivity contribution is 5.76. The van der Waals surface area contributed by atoms with Crippen molar-refractivity contribution in [3.63, 3.8) is 0 Å². The number of hydrogen-bond donors (Lipinski definition) is 0. The van der Waals surface area contributed by atoms with E-state index in [1.165, 1.54) is 0 Å². The molecule has 0 aromatic rings. The quantitative estimate of drug-likeness (QED) is 0.382. The number of carbonyl (C=O) groups excluding carboxylic acids is 2. The predicted molar refractivity (Wildman–Crippen MR) is 84.7 cm³/mol. The summed E-state index contributed by atoms with van der Waals surface area (Å²) in [6.07, 6.45) is -15.4. The van der Waals surface area contributed by atoms with Crippen LogP contribution in [0.15, 0.2) is 0 Å². The van der Waals surface area contributed by atoms with Crippen LogP contribution in [0.1, 0.15) is 66.7 Å². The minimum Gasteiger partial charge on any atom is -0.459 e. The van der Waals surface area contributed by atoms with Gasteiger partial charge in [0.25, 0.3) is 6.10 Å². The lowest BCUT2D eigenvalue weighted by Gasteiger charge is -2.32. The summed E-state index contributed by atoms with van der Waals surface area (Å²) in [6.45, 7) is 8.50. The summed E-state index contributed by atoms with van der Waals surface area (Å²) >= 11 is 0. The second kappa shape index (κ2) is 9.14. The second-order valence-electron chi connectivity index (χ2n) is 7.24. The molecule has 10 heteroatoms. The van der Waals surface area contributed by atoms with E-state index in [0.29, 0.717) is 12.8 Å². The number of ether oxygens (including phenoxy) is 2. The summed E-state index contributed by atoms with van der Waals surface area (Å²) < 4.78 is 83.3. The minimum atomic E-state index is -5.74. The maximum Gasteiger partial charge on any atom is 0.434 e. The molecule has 0 amide bonds. The van der Waals surface area contributed by atoms with Gasteiger partial charge < -0.3 is 9.47 Å². The summed E-state index contributed by atoms with van der Waals surface area (Å²) in [7, 11) is 0. The first kappa shape index (κ1) is 25.5. The SMILES string of the molecule is CCC(C)(CCCC(=O)OC(C(F)(F)F)C(F)(F)F)OC(=O)C(C)(C)CC. The van der Waals surface area contributed by atoms with E-state index in [1.54, 1.807) is 34.6 Å². The van der Waals surface area contributed by atoms with E-state index in [0.717, 1.165) is 0 Å². The Hall–Kier alpha value is -1.48. The van der Waals surface area contributed by atoms with Crippen molar-refractivity contribution in [3.05, 3.63) is 0 Å². The van der Waals surface area contributed by atoms with Crippen molar-refractivity contribution in [2.24, 2.45) is 5.41 Å². The third-order valence-electron chi connectivity index (χ3n) is 4.45. The predicted octanol–water partition coefficient (Wildman–Crippen LogP) is 5.34. The van der Waals surface area contributed by atoms with Gasteiger partial charge in [0.2, 0.25) is 0 Å². The van der Waals surface area contributed by atoms with Crippen LogP contribution in [0.3, 0.4) is 0 Å². The van der Waals surface area contributed by atoms with E-state index in [9.17, 15) is 35.9 Å². The van der Waals surface area contributed by atoms with Crippen LogP contribution in [-0.2, 0) is 19.1 Å². The Bertz CT molecular complexity index is 499. The molecule has 0 radical (unpaired) electrons. The first-order valence-electron chi connectivity index (χ1n) is 8.55. The molecule has 0 N–H and O–H groups in total. The van der Waals surface area contributed by atoms with Gasteiger partial charge in [-0.15, -0.1) is 0 Å². The van der Waals surface area contributed by atoms with Crippen LogP contribution < -0.4 is 0 Å². The van der Waals surface area contributed by atoms with E-state index in [1.807, 2.05) is 0 Å². The van der Waals surface area contributed by atoms with Gasteiger partial charge in [-0.3, -0.25) is 9.59 Å². The molecule has 0 heterocycles. The topological polar surface area (TPSA) is 52.6 Å². The second-order valence-corrected chi connectivity index (χ2v) is 7.24. The minimum absolute atomic E-state index is 0.0901. The van der Waals surface area contributed by atoms with Crippen molar-refractivity contribution in [2.75, 3.05) is 0 Å². The highest BCUT2D eigenvalue weighted by Gasteiger charge is 2.59. The molecular formula is C17H26F6O4. The highest BCUT2D eigenvalue weighted by atomic mass is 19.4. The number of rotatable bonds is 9. The lowest BCUT2D eigenvalue weighted by atomic mass is 9.89. The molecule has 1 atom stereocenters. The molecule has 0 aliphatic rings. The first-order chi connectivity index (χ1) is 12.0. The smallest absolute Gasteiger partial charge is 0.434 e. The van der Waals surface area contributed by atoms with Crippen molar-refractivity contribution in [3.8, 4) is 0 Å². The maximum absolute atomic E-state index is 12.4. The number of esters is 2. The lowest BCUT2D eigenvalue weighted by molar-refractivity contribution is -0.313. The molecule has 160 valence electrons. The standard InChI is InChI=1S/C17H26F6O4/c1-6-14(3,4)13(25)27-15(5,7-2)10-8-9-11(24)26-12(16(18,19)20)17(21,22)23/h12H,6-10H2,1-5H3. The molecule has 0 saturated heterocycles. The number of alkyl halides is 6. The zero-order valence-electron chi connectivity index (χ0n) is 16.0. The Labute approximate surface area is 154 Å². The van der Waals surface area contributed by atoms with Gasteiger partial charge in [-0.05, 0) is 46.5 Å². The molecule has 0 saturated carbocycles. The fourth-order valence-corrected chi connectivity index (χ4v) is 1.92. The van der Waals surface area contributed by atoms with Gasteiger partial charge in [0, 0.05) is 6.42 Å². The third kappa shape index (κ3) is 8.38. The summed E-state index contributed by atoms with van der Waals surface area (Å²) in [6, 6.07) is 0. The van der Waals surface area contributed by atoms with Gasteiger partial charge in [0.05, 0.1) is 5.41 Å². The monoisotopic (exact) mass is 408 g/mol. The van der Waals surface area contributed by atoms with E-state index < -0.39 is 47.8 Å². The zero-order valence-corrected chi connectivity index (χ0v) is 16.0. The highest BCUT2D eigenvalue weighted by Crippen LogP contribution is 2.36. The number of halogens is 6. The maximum atomic E-state index is 12.4. The molecule has 0 aromatic carbocycles. The van der Waals surface area contributed by atoms with Gasteiger partial charge in [0.1, 0.15) is 5.60 Å². The zero-order chi connectivity index (χ0) is 21.7. The third-order valence-corrected chi connectivity index (χ3v) is 4.45. The van der Waals surface area contributed by atoms with Gasteiger partial charge in [-0.25, -0.2) is 0 Å². The molecular weight excluding hydrogens is 382 g/mol. The Morgan fingerprint density at radius 1 is 0.889 bits per heavy atom. The van der Waals surface area contributed by atoms with Crippen molar-refractivity contribution in [2.45, 2.75) is 90.8 Å². The molecule has 4 nitrogen and oxygen atoms in total. The van der Waals surface area contributed by atoms with Gasteiger partial charge in [-0.2, -0.15) is 26.3 Å². The summed E-state index contributed by atoms with van der Waals surface area (Å²) in [5.74, 6) is -2.08. The van der Waals surface area contributed by atoms with Crippen LogP contribution in [-0.4, -0.2) is 36.0 Å². The summed E-state index contributed by atoms with van der Waals surface area (Å²) in [4.78, 5) is 23.6. The summed E-state index contributed by atoms with van der Waals surface area (Å²) in [5, 5.41) is 0. The van der Waals surface area contributed by atoms with Gasteiger partial charge >= 0.3 is 24.3 Å². The van der Waals surface area contributed by atoms with Crippen molar-refractivity contribution in [1.82, 2.24) is 0 Å². The van der Waals surface area contributed by atoms with Crippen LogP contribution in [0.5, 0.6) is 0 Å². The molecule has 0 aromatic heterocycles. The Morgan fingerprint density at radius 2 is 1.37 bits per heavy atom. The molecule has 0 bridgehead atoms. The fraction of sp³-hybridized carbons (Fsp3) is 0.882. The average molecular weight is 408 g/mol. The Morgan fingerprint density at radius 3 is 1.74 bits per heavy atom. The number of hydrogen-bond acceptors (Lipinski definition) is 4. The van der Waals surface area contributed by atoms with E-state index in [2.05, 4.69) is 4.74 Å². The number of carbonyl (C=O) groups is 2. The van der Waals surface area contributed by atoms with Crippen molar-refractivity contribution in [1.29, 1.82) is 0 Å². The average Bonchev–Trinajstić information content (AvgIpc) is 2.50. The fourth-order valence-electron chi connectivity index (χ4n) is 1.92. The Kier molecular flexibility index (Phi) is 8.64. The molecule has 0 spiro atoms. The molecule has 1 unspecified atom stereocenters. The molecule has 0 fully saturated rings. The van der Waals surface area contributed by atoms with Crippen LogP contribution in [0.2, 0.25) is 0 Å².